The predicted molar refractivity (Wildman–Crippen MR) is 96.4 cm³/mol. The van der Waals surface area contributed by atoms with Gasteiger partial charge in [-0.15, -0.1) is 5.10 Å². The Kier molecular flexibility index (Phi) is 5.13. The smallest absolute Gasteiger partial charge is 0.156 e. The van der Waals surface area contributed by atoms with Crippen LogP contribution in [0.5, 0.6) is 0 Å². The van der Waals surface area contributed by atoms with Gasteiger partial charge in [-0.1, -0.05) is 44.2 Å². The third-order valence-corrected chi connectivity index (χ3v) is 3.86. The van der Waals surface area contributed by atoms with Gasteiger partial charge in [0.1, 0.15) is 12.4 Å². The molecule has 1 aromatic carbocycles. The molecule has 0 saturated carbocycles. The number of aromatic nitrogens is 7. The van der Waals surface area contributed by atoms with Crippen LogP contribution >= 0.6 is 0 Å². The summed E-state index contributed by atoms with van der Waals surface area (Å²) < 4.78 is 3.44. The highest BCUT2D eigenvalue weighted by Gasteiger charge is 2.27. The van der Waals surface area contributed by atoms with Crippen molar-refractivity contribution in [3.8, 4) is 0 Å². The van der Waals surface area contributed by atoms with E-state index in [1.807, 2.05) is 30.3 Å². The van der Waals surface area contributed by atoms with Crippen molar-refractivity contribution >= 4 is 0 Å². The highest BCUT2D eigenvalue weighted by atomic mass is 16.3. The van der Waals surface area contributed by atoms with Gasteiger partial charge in [-0.2, -0.15) is 5.10 Å². The van der Waals surface area contributed by atoms with Crippen LogP contribution in [0.3, 0.4) is 0 Å². The number of hydrogen-bond acceptors (Lipinski definition) is 6. The number of tetrazole rings is 1. The molecule has 2 heterocycles. The number of nitrogens with zero attached hydrogens (tertiary/aromatic N) is 7. The lowest BCUT2D eigenvalue weighted by molar-refractivity contribution is 0.0561. The van der Waals surface area contributed by atoms with E-state index in [4.69, 9.17) is 4.98 Å². The van der Waals surface area contributed by atoms with Crippen molar-refractivity contribution in [2.45, 2.75) is 52.3 Å². The highest BCUT2D eigenvalue weighted by molar-refractivity contribution is 5.25. The van der Waals surface area contributed by atoms with E-state index in [9.17, 15) is 5.11 Å². The van der Waals surface area contributed by atoms with Crippen molar-refractivity contribution in [3.63, 3.8) is 0 Å². The van der Waals surface area contributed by atoms with Gasteiger partial charge in [-0.25, -0.2) is 14.3 Å². The van der Waals surface area contributed by atoms with Gasteiger partial charge in [0.25, 0.3) is 0 Å². The molecule has 8 heteroatoms. The fourth-order valence-electron chi connectivity index (χ4n) is 2.88. The molecule has 0 fully saturated rings. The molecule has 3 rings (SSSR count). The molecule has 0 aliphatic heterocycles. The van der Waals surface area contributed by atoms with Crippen molar-refractivity contribution in [2.75, 3.05) is 0 Å². The molecule has 0 bridgehead atoms. The first-order valence-electron chi connectivity index (χ1n) is 8.77. The summed E-state index contributed by atoms with van der Waals surface area (Å²) in [6.07, 6.45) is 2.34. The Bertz CT molecular complexity index is 819. The van der Waals surface area contributed by atoms with Gasteiger partial charge in [0.15, 0.2) is 11.6 Å². The van der Waals surface area contributed by atoms with E-state index in [-0.39, 0.29) is 6.04 Å². The van der Waals surface area contributed by atoms with Crippen LogP contribution in [-0.2, 0) is 13.0 Å². The number of benzene rings is 1. The molecule has 2 aromatic heterocycles. The maximum atomic E-state index is 10.3. The Morgan fingerprint density at radius 1 is 1.15 bits per heavy atom. The average molecular weight is 355 g/mol. The van der Waals surface area contributed by atoms with Gasteiger partial charge in [0.2, 0.25) is 0 Å². The van der Waals surface area contributed by atoms with Gasteiger partial charge >= 0.3 is 0 Å². The molecule has 1 atom stereocenters. The standard InChI is InChI=1S/C18H25N7O/c1-13(2)10-15-20-17(24(21-15)11-18(3,4)26)16(25-12-19-22-23-25)14-8-6-5-7-9-14/h5-9,12-13,16,26H,10-11H2,1-4H3. The first-order chi connectivity index (χ1) is 12.3. The Labute approximate surface area is 152 Å². The zero-order chi connectivity index (χ0) is 18.7. The quantitative estimate of drug-likeness (QED) is 0.695. The maximum absolute atomic E-state index is 10.3. The normalized spacial score (nSPS) is 13.3. The molecule has 1 unspecified atom stereocenters. The zero-order valence-corrected chi connectivity index (χ0v) is 15.6. The average Bonchev–Trinajstić information content (AvgIpc) is 3.18. The first-order valence-corrected chi connectivity index (χ1v) is 8.77. The van der Waals surface area contributed by atoms with Crippen molar-refractivity contribution in [2.24, 2.45) is 5.92 Å². The van der Waals surface area contributed by atoms with Crippen LogP contribution < -0.4 is 0 Å². The summed E-state index contributed by atoms with van der Waals surface area (Å²) in [7, 11) is 0. The fraction of sp³-hybridized carbons (Fsp3) is 0.500. The Morgan fingerprint density at radius 2 is 1.88 bits per heavy atom. The lowest BCUT2D eigenvalue weighted by atomic mass is 10.1. The molecule has 0 radical (unpaired) electrons. The maximum Gasteiger partial charge on any atom is 0.156 e. The number of rotatable bonds is 7. The van der Waals surface area contributed by atoms with E-state index in [1.54, 1.807) is 29.5 Å². The first kappa shape index (κ1) is 18.2. The van der Waals surface area contributed by atoms with E-state index < -0.39 is 5.60 Å². The topological polar surface area (TPSA) is 94.5 Å². The van der Waals surface area contributed by atoms with Gasteiger partial charge < -0.3 is 5.11 Å². The molecule has 0 amide bonds. The summed E-state index contributed by atoms with van der Waals surface area (Å²) in [4.78, 5) is 4.79. The van der Waals surface area contributed by atoms with E-state index >= 15 is 0 Å². The zero-order valence-electron chi connectivity index (χ0n) is 15.6. The van der Waals surface area contributed by atoms with E-state index in [1.165, 1.54) is 0 Å². The largest absolute Gasteiger partial charge is 0.389 e. The Balaban J connectivity index is 2.11. The second kappa shape index (κ2) is 7.33. The van der Waals surface area contributed by atoms with Gasteiger partial charge in [-0.3, -0.25) is 0 Å². The molecular weight excluding hydrogens is 330 g/mol. The van der Waals surface area contributed by atoms with Crippen LogP contribution in [0.2, 0.25) is 0 Å². The summed E-state index contributed by atoms with van der Waals surface area (Å²) >= 11 is 0. The molecule has 26 heavy (non-hydrogen) atoms. The second-order valence-electron chi connectivity index (χ2n) is 7.56. The molecule has 8 nitrogen and oxygen atoms in total. The summed E-state index contributed by atoms with van der Waals surface area (Å²) in [5, 5.41) is 26.6. The second-order valence-corrected chi connectivity index (χ2v) is 7.56. The van der Waals surface area contributed by atoms with Crippen molar-refractivity contribution < 1.29 is 5.11 Å². The van der Waals surface area contributed by atoms with Crippen molar-refractivity contribution in [1.82, 2.24) is 35.0 Å². The molecule has 0 aliphatic carbocycles. The van der Waals surface area contributed by atoms with Crippen LogP contribution in [0.4, 0.5) is 0 Å². The SMILES string of the molecule is CC(C)Cc1nc(C(c2ccccc2)n2cnnn2)n(CC(C)(C)O)n1. The van der Waals surface area contributed by atoms with E-state index in [0.29, 0.717) is 18.3 Å². The van der Waals surface area contributed by atoms with E-state index in [2.05, 4.69) is 34.5 Å². The van der Waals surface area contributed by atoms with Crippen molar-refractivity contribution in [3.05, 3.63) is 53.9 Å². The van der Waals surface area contributed by atoms with E-state index in [0.717, 1.165) is 17.8 Å². The lowest BCUT2D eigenvalue weighted by Gasteiger charge is -2.21. The third-order valence-electron chi connectivity index (χ3n) is 3.86. The van der Waals surface area contributed by atoms with Crippen LogP contribution in [0.15, 0.2) is 36.7 Å². The summed E-state index contributed by atoms with van der Waals surface area (Å²) in [5.41, 5.74) is 0.0830. The van der Waals surface area contributed by atoms with Gasteiger partial charge in [0.05, 0.1) is 12.1 Å². The molecule has 0 aliphatic rings. The van der Waals surface area contributed by atoms with Crippen LogP contribution in [0.25, 0.3) is 0 Å². The molecule has 3 aromatic rings. The monoisotopic (exact) mass is 355 g/mol. The minimum atomic E-state index is -0.917. The summed E-state index contributed by atoms with van der Waals surface area (Å²) in [6, 6.07) is 9.61. The minimum Gasteiger partial charge on any atom is -0.389 e. The Hall–Kier alpha value is -2.61. The van der Waals surface area contributed by atoms with Crippen LogP contribution in [0.1, 0.15) is 50.9 Å². The minimum absolute atomic E-state index is 0.318. The third kappa shape index (κ3) is 4.32. The summed E-state index contributed by atoms with van der Waals surface area (Å²) in [6.45, 7) is 8.11. The Morgan fingerprint density at radius 3 is 2.46 bits per heavy atom. The van der Waals surface area contributed by atoms with Crippen LogP contribution in [0, 0.1) is 5.92 Å². The number of aliphatic hydroxyl groups is 1. The molecule has 0 saturated heterocycles. The lowest BCUT2D eigenvalue weighted by Crippen LogP contribution is -2.29. The van der Waals surface area contributed by atoms with Crippen molar-refractivity contribution in [1.29, 1.82) is 0 Å². The highest BCUT2D eigenvalue weighted by Crippen LogP contribution is 2.25. The summed E-state index contributed by atoms with van der Waals surface area (Å²) in [5.74, 6) is 1.90. The van der Waals surface area contributed by atoms with Gasteiger partial charge in [-0.05, 0) is 35.8 Å². The predicted octanol–water partition coefficient (Wildman–Crippen LogP) is 1.87. The van der Waals surface area contributed by atoms with Gasteiger partial charge in [0, 0.05) is 6.42 Å². The molecular formula is C18H25N7O. The molecule has 1 N–H and O–H groups in total. The van der Waals surface area contributed by atoms with Crippen LogP contribution in [-0.4, -0.2) is 45.7 Å². The molecule has 138 valence electrons. The number of hydrogen-bond donors (Lipinski definition) is 1. The molecule has 0 spiro atoms. The fourth-order valence-corrected chi connectivity index (χ4v) is 2.88.